The SMILES string of the molecule is Cc1cc(C)cc(CN(c2cc[nH]c2)C(C)C)c1. The van der Waals surface area contributed by atoms with Crippen LogP contribution in [0.5, 0.6) is 0 Å². The average molecular weight is 242 g/mol. The summed E-state index contributed by atoms with van der Waals surface area (Å²) < 4.78 is 0. The first-order valence-corrected chi connectivity index (χ1v) is 6.53. The molecule has 96 valence electrons. The number of benzene rings is 1. The van der Waals surface area contributed by atoms with Gasteiger partial charge in [0.05, 0.1) is 5.69 Å². The van der Waals surface area contributed by atoms with Gasteiger partial charge in [-0.3, -0.25) is 0 Å². The van der Waals surface area contributed by atoms with E-state index in [0.29, 0.717) is 6.04 Å². The van der Waals surface area contributed by atoms with Gasteiger partial charge in [0.15, 0.2) is 0 Å². The smallest absolute Gasteiger partial charge is 0.0549 e. The Labute approximate surface area is 110 Å². The van der Waals surface area contributed by atoms with Crippen molar-refractivity contribution in [1.29, 1.82) is 0 Å². The largest absolute Gasteiger partial charge is 0.366 e. The molecule has 0 saturated carbocycles. The lowest BCUT2D eigenvalue weighted by molar-refractivity contribution is 0.682. The zero-order chi connectivity index (χ0) is 13.1. The second-order valence-corrected chi connectivity index (χ2v) is 5.29. The van der Waals surface area contributed by atoms with Crippen molar-refractivity contribution in [2.24, 2.45) is 0 Å². The Hall–Kier alpha value is -1.70. The quantitative estimate of drug-likeness (QED) is 0.857. The van der Waals surface area contributed by atoms with Crippen LogP contribution in [0.25, 0.3) is 0 Å². The highest BCUT2D eigenvalue weighted by molar-refractivity contribution is 5.46. The molecule has 0 bridgehead atoms. The maximum absolute atomic E-state index is 3.13. The van der Waals surface area contributed by atoms with E-state index in [1.807, 2.05) is 6.20 Å². The van der Waals surface area contributed by atoms with Crippen LogP contribution in [0.15, 0.2) is 36.7 Å². The normalized spacial score (nSPS) is 10.9. The molecule has 0 amide bonds. The van der Waals surface area contributed by atoms with Gasteiger partial charge in [-0.15, -0.1) is 0 Å². The summed E-state index contributed by atoms with van der Waals surface area (Å²) in [4.78, 5) is 5.54. The molecule has 0 unspecified atom stereocenters. The van der Waals surface area contributed by atoms with E-state index >= 15 is 0 Å². The third-order valence-electron chi connectivity index (χ3n) is 3.17. The van der Waals surface area contributed by atoms with Crippen LogP contribution >= 0.6 is 0 Å². The number of H-pyrrole nitrogens is 1. The molecule has 0 atom stereocenters. The second kappa shape index (κ2) is 5.30. The van der Waals surface area contributed by atoms with Crippen LogP contribution in [0.4, 0.5) is 5.69 Å². The summed E-state index contributed by atoms with van der Waals surface area (Å²) in [6, 6.07) is 9.38. The first-order valence-electron chi connectivity index (χ1n) is 6.53. The van der Waals surface area contributed by atoms with Gasteiger partial charge in [0.2, 0.25) is 0 Å². The van der Waals surface area contributed by atoms with Gasteiger partial charge in [-0.05, 0) is 39.3 Å². The molecular formula is C16H22N2. The Morgan fingerprint density at radius 2 is 1.78 bits per heavy atom. The molecule has 18 heavy (non-hydrogen) atoms. The van der Waals surface area contributed by atoms with Crippen LogP contribution in [0.3, 0.4) is 0 Å². The van der Waals surface area contributed by atoms with E-state index in [4.69, 9.17) is 0 Å². The first-order chi connectivity index (χ1) is 8.56. The van der Waals surface area contributed by atoms with Crippen molar-refractivity contribution in [3.05, 3.63) is 53.3 Å². The van der Waals surface area contributed by atoms with Crippen molar-refractivity contribution in [1.82, 2.24) is 4.98 Å². The molecule has 2 aromatic rings. The van der Waals surface area contributed by atoms with E-state index in [0.717, 1.165) is 6.54 Å². The minimum atomic E-state index is 0.488. The number of hydrogen-bond donors (Lipinski definition) is 1. The molecule has 1 aromatic carbocycles. The van der Waals surface area contributed by atoms with Crippen LogP contribution in [0.1, 0.15) is 30.5 Å². The summed E-state index contributed by atoms with van der Waals surface area (Å²) in [6.45, 7) is 9.74. The molecule has 2 nitrogen and oxygen atoms in total. The first kappa shape index (κ1) is 12.7. The Bertz CT molecular complexity index is 478. The Balaban J connectivity index is 2.24. The zero-order valence-electron chi connectivity index (χ0n) is 11.7. The average Bonchev–Trinajstić information content (AvgIpc) is 2.77. The van der Waals surface area contributed by atoms with Gasteiger partial charge in [-0.2, -0.15) is 0 Å². The lowest BCUT2D eigenvalue weighted by atomic mass is 10.1. The van der Waals surface area contributed by atoms with Gasteiger partial charge in [-0.25, -0.2) is 0 Å². The molecule has 2 rings (SSSR count). The number of nitrogens with one attached hydrogen (secondary N) is 1. The molecule has 0 fully saturated rings. The molecule has 0 radical (unpaired) electrons. The van der Waals surface area contributed by atoms with E-state index in [9.17, 15) is 0 Å². The number of aromatic nitrogens is 1. The van der Waals surface area contributed by atoms with Crippen molar-refractivity contribution in [3.8, 4) is 0 Å². The molecule has 1 heterocycles. The third kappa shape index (κ3) is 2.95. The van der Waals surface area contributed by atoms with Gasteiger partial charge in [0.25, 0.3) is 0 Å². The Morgan fingerprint density at radius 1 is 1.11 bits per heavy atom. The van der Waals surface area contributed by atoms with Crippen molar-refractivity contribution in [2.75, 3.05) is 4.90 Å². The van der Waals surface area contributed by atoms with Crippen LogP contribution in [0, 0.1) is 13.8 Å². The van der Waals surface area contributed by atoms with E-state index in [1.165, 1.54) is 22.4 Å². The van der Waals surface area contributed by atoms with Crippen molar-refractivity contribution in [3.63, 3.8) is 0 Å². The minimum Gasteiger partial charge on any atom is -0.366 e. The fraction of sp³-hybridized carbons (Fsp3) is 0.375. The highest BCUT2D eigenvalue weighted by Gasteiger charge is 2.11. The Morgan fingerprint density at radius 3 is 2.28 bits per heavy atom. The fourth-order valence-electron chi connectivity index (χ4n) is 2.42. The van der Waals surface area contributed by atoms with E-state index in [1.54, 1.807) is 0 Å². The number of hydrogen-bond acceptors (Lipinski definition) is 1. The van der Waals surface area contributed by atoms with Gasteiger partial charge in [0, 0.05) is 25.0 Å². The van der Waals surface area contributed by atoms with Gasteiger partial charge in [-0.1, -0.05) is 29.3 Å². The summed E-state index contributed by atoms with van der Waals surface area (Å²) in [5, 5.41) is 0. The molecule has 1 N–H and O–H groups in total. The second-order valence-electron chi connectivity index (χ2n) is 5.29. The lowest BCUT2D eigenvalue weighted by Crippen LogP contribution is -2.29. The van der Waals surface area contributed by atoms with Crippen LogP contribution in [-0.2, 0) is 6.54 Å². The highest BCUT2D eigenvalue weighted by Crippen LogP contribution is 2.20. The predicted molar refractivity (Wildman–Crippen MR) is 78.0 cm³/mol. The predicted octanol–water partition coefficient (Wildman–Crippen LogP) is 4.05. The Kier molecular flexibility index (Phi) is 3.75. The maximum Gasteiger partial charge on any atom is 0.0549 e. The van der Waals surface area contributed by atoms with Crippen molar-refractivity contribution >= 4 is 5.69 Å². The number of rotatable bonds is 4. The summed E-state index contributed by atoms with van der Waals surface area (Å²) >= 11 is 0. The summed E-state index contributed by atoms with van der Waals surface area (Å²) in [6.07, 6.45) is 4.04. The standard InChI is InChI=1S/C16H22N2/c1-12(2)18(16-5-6-17-10-16)11-15-8-13(3)7-14(4)9-15/h5-10,12,17H,11H2,1-4H3. The summed E-state index contributed by atoms with van der Waals surface area (Å²) in [5.74, 6) is 0. The van der Waals surface area contributed by atoms with Crippen LogP contribution < -0.4 is 4.90 Å². The van der Waals surface area contributed by atoms with E-state index in [2.05, 4.69) is 68.0 Å². The molecule has 0 aliphatic rings. The monoisotopic (exact) mass is 242 g/mol. The topological polar surface area (TPSA) is 19.0 Å². The summed E-state index contributed by atoms with van der Waals surface area (Å²) in [7, 11) is 0. The van der Waals surface area contributed by atoms with Crippen molar-refractivity contribution < 1.29 is 0 Å². The highest BCUT2D eigenvalue weighted by atomic mass is 15.2. The molecule has 0 aliphatic carbocycles. The van der Waals surface area contributed by atoms with E-state index in [-0.39, 0.29) is 0 Å². The molecular weight excluding hydrogens is 220 g/mol. The number of anilines is 1. The lowest BCUT2D eigenvalue weighted by Gasteiger charge is -2.28. The third-order valence-corrected chi connectivity index (χ3v) is 3.17. The zero-order valence-corrected chi connectivity index (χ0v) is 11.7. The molecule has 0 spiro atoms. The molecule has 2 heteroatoms. The summed E-state index contributed by atoms with van der Waals surface area (Å²) in [5.41, 5.74) is 5.30. The number of aryl methyl sites for hydroxylation is 2. The number of nitrogens with zero attached hydrogens (tertiary/aromatic N) is 1. The molecule has 1 aromatic heterocycles. The number of aromatic amines is 1. The molecule has 0 saturated heterocycles. The van der Waals surface area contributed by atoms with E-state index < -0.39 is 0 Å². The minimum absolute atomic E-state index is 0.488. The maximum atomic E-state index is 3.13. The fourth-order valence-corrected chi connectivity index (χ4v) is 2.42. The van der Waals surface area contributed by atoms with Crippen LogP contribution in [0.2, 0.25) is 0 Å². The molecule has 0 aliphatic heterocycles. The van der Waals surface area contributed by atoms with Crippen LogP contribution in [-0.4, -0.2) is 11.0 Å². The van der Waals surface area contributed by atoms with Gasteiger partial charge >= 0.3 is 0 Å². The van der Waals surface area contributed by atoms with Gasteiger partial charge < -0.3 is 9.88 Å². The van der Waals surface area contributed by atoms with Crippen molar-refractivity contribution in [2.45, 2.75) is 40.3 Å². The van der Waals surface area contributed by atoms with Gasteiger partial charge in [0.1, 0.15) is 0 Å².